The molecule has 20 heavy (non-hydrogen) atoms. The van der Waals surface area contributed by atoms with Crippen LogP contribution in [0.5, 0.6) is 0 Å². The summed E-state index contributed by atoms with van der Waals surface area (Å²) >= 11 is 1.62. The minimum Gasteiger partial charge on any atom is -0.323 e. The summed E-state index contributed by atoms with van der Waals surface area (Å²) in [5, 5.41) is 2.64. The number of nitrogens with zero attached hydrogens (tertiary/aromatic N) is 1. The number of sulfone groups is 1. The van der Waals surface area contributed by atoms with Crippen LogP contribution in [-0.2, 0) is 14.6 Å². The largest absolute Gasteiger partial charge is 0.323 e. The highest BCUT2D eigenvalue weighted by atomic mass is 32.2. The summed E-state index contributed by atoms with van der Waals surface area (Å²) in [5.74, 6) is 1.35. The van der Waals surface area contributed by atoms with Gasteiger partial charge in [-0.15, -0.1) is 0 Å². The van der Waals surface area contributed by atoms with Crippen LogP contribution in [-0.4, -0.2) is 61.0 Å². The Morgan fingerprint density at radius 1 is 1.35 bits per heavy atom. The first-order chi connectivity index (χ1) is 9.54. The molecule has 1 heterocycles. The molecule has 2 rings (SSSR count). The first-order valence-corrected chi connectivity index (χ1v) is 10.2. The molecule has 0 bridgehead atoms. The molecule has 1 saturated heterocycles. The van der Waals surface area contributed by atoms with Crippen LogP contribution in [0.2, 0.25) is 0 Å². The van der Waals surface area contributed by atoms with Crippen LogP contribution >= 0.6 is 11.8 Å². The van der Waals surface area contributed by atoms with E-state index >= 15 is 0 Å². The predicted octanol–water partition coefficient (Wildman–Crippen LogP) is 0.855. The maximum Gasteiger partial charge on any atom is 0.237 e. The summed E-state index contributed by atoms with van der Waals surface area (Å²) in [6.45, 7) is 2.46. The SMILES string of the molecule is CCS(=O)(=O)C1CSCCN1C(=O)CNC1CCCC1. The van der Waals surface area contributed by atoms with Crippen LogP contribution in [0.4, 0.5) is 0 Å². The van der Waals surface area contributed by atoms with E-state index in [2.05, 4.69) is 5.32 Å². The Balaban J connectivity index is 1.94. The molecule has 2 fully saturated rings. The van der Waals surface area contributed by atoms with Crippen molar-refractivity contribution in [1.82, 2.24) is 10.2 Å². The van der Waals surface area contributed by atoms with Gasteiger partial charge in [0.05, 0.1) is 6.54 Å². The summed E-state index contributed by atoms with van der Waals surface area (Å²) in [7, 11) is -3.20. The number of hydrogen-bond acceptors (Lipinski definition) is 5. The molecule has 0 aromatic heterocycles. The molecular formula is C13H24N2O3S2. The number of amides is 1. The van der Waals surface area contributed by atoms with Crippen molar-refractivity contribution in [3.8, 4) is 0 Å². The van der Waals surface area contributed by atoms with Gasteiger partial charge in [-0.1, -0.05) is 19.8 Å². The molecule has 7 heteroatoms. The second-order valence-corrected chi connectivity index (χ2v) is 9.03. The fraction of sp³-hybridized carbons (Fsp3) is 0.923. The molecule has 1 saturated carbocycles. The van der Waals surface area contributed by atoms with E-state index in [1.54, 1.807) is 23.6 Å². The molecule has 1 unspecified atom stereocenters. The highest BCUT2D eigenvalue weighted by molar-refractivity contribution is 8.01. The molecule has 2 aliphatic rings. The fourth-order valence-corrected chi connectivity index (χ4v) is 5.81. The number of carbonyl (C=O) groups is 1. The monoisotopic (exact) mass is 320 g/mol. The highest BCUT2D eigenvalue weighted by Gasteiger charge is 2.35. The zero-order valence-electron chi connectivity index (χ0n) is 12.0. The van der Waals surface area contributed by atoms with E-state index in [0.717, 1.165) is 18.6 Å². The molecule has 1 N–H and O–H groups in total. The lowest BCUT2D eigenvalue weighted by molar-refractivity contribution is -0.130. The van der Waals surface area contributed by atoms with Gasteiger partial charge >= 0.3 is 0 Å². The Hall–Kier alpha value is -0.270. The van der Waals surface area contributed by atoms with Crippen molar-refractivity contribution in [1.29, 1.82) is 0 Å². The van der Waals surface area contributed by atoms with Crippen LogP contribution in [0.25, 0.3) is 0 Å². The maximum absolute atomic E-state index is 12.3. The van der Waals surface area contributed by atoms with Crippen molar-refractivity contribution in [2.24, 2.45) is 0 Å². The summed E-state index contributed by atoms with van der Waals surface area (Å²) in [6.07, 6.45) is 4.69. The van der Waals surface area contributed by atoms with Gasteiger partial charge in [-0.2, -0.15) is 11.8 Å². The van der Waals surface area contributed by atoms with E-state index in [1.807, 2.05) is 0 Å². The van der Waals surface area contributed by atoms with Crippen molar-refractivity contribution >= 4 is 27.5 Å². The number of rotatable bonds is 5. The Morgan fingerprint density at radius 2 is 2.05 bits per heavy atom. The van der Waals surface area contributed by atoms with Crippen molar-refractivity contribution in [3.05, 3.63) is 0 Å². The summed E-state index contributed by atoms with van der Waals surface area (Å²) in [4.78, 5) is 13.9. The van der Waals surface area contributed by atoms with Gasteiger partial charge in [-0.3, -0.25) is 4.79 Å². The normalized spacial score (nSPS) is 25.1. The smallest absolute Gasteiger partial charge is 0.237 e. The van der Waals surface area contributed by atoms with E-state index in [0.29, 0.717) is 18.3 Å². The third kappa shape index (κ3) is 3.89. The van der Waals surface area contributed by atoms with Crippen LogP contribution in [0.15, 0.2) is 0 Å². The van der Waals surface area contributed by atoms with E-state index in [4.69, 9.17) is 0 Å². The molecule has 5 nitrogen and oxygen atoms in total. The second-order valence-electron chi connectivity index (χ2n) is 5.43. The molecule has 116 valence electrons. The molecule has 0 spiro atoms. The molecule has 0 aromatic rings. The third-order valence-corrected chi connectivity index (χ3v) is 7.41. The molecule has 0 radical (unpaired) electrons. The van der Waals surface area contributed by atoms with E-state index in [1.165, 1.54) is 12.8 Å². The third-order valence-electron chi connectivity index (χ3n) is 4.12. The van der Waals surface area contributed by atoms with Gasteiger partial charge in [0.2, 0.25) is 5.91 Å². The van der Waals surface area contributed by atoms with E-state index < -0.39 is 15.2 Å². The van der Waals surface area contributed by atoms with Crippen LogP contribution < -0.4 is 5.32 Å². The van der Waals surface area contributed by atoms with E-state index in [-0.39, 0.29) is 18.2 Å². The topological polar surface area (TPSA) is 66.5 Å². The number of thioether (sulfide) groups is 1. The number of carbonyl (C=O) groups excluding carboxylic acids is 1. The van der Waals surface area contributed by atoms with Gasteiger partial charge < -0.3 is 10.2 Å². The average molecular weight is 320 g/mol. The van der Waals surface area contributed by atoms with Crippen molar-refractivity contribution < 1.29 is 13.2 Å². The predicted molar refractivity (Wildman–Crippen MR) is 82.5 cm³/mol. The molecular weight excluding hydrogens is 296 g/mol. The minimum atomic E-state index is -3.20. The van der Waals surface area contributed by atoms with Gasteiger partial charge in [0, 0.05) is 29.8 Å². The first kappa shape index (κ1) is 16.1. The van der Waals surface area contributed by atoms with Gasteiger partial charge in [0.15, 0.2) is 9.84 Å². The molecule has 1 aliphatic carbocycles. The van der Waals surface area contributed by atoms with Crippen molar-refractivity contribution in [2.45, 2.75) is 44.0 Å². The molecule has 0 aromatic carbocycles. The lowest BCUT2D eigenvalue weighted by Gasteiger charge is -2.35. The average Bonchev–Trinajstić information content (AvgIpc) is 2.98. The number of hydrogen-bond donors (Lipinski definition) is 1. The lowest BCUT2D eigenvalue weighted by Crippen LogP contribution is -2.53. The molecule has 1 atom stereocenters. The Bertz CT molecular complexity index is 433. The van der Waals surface area contributed by atoms with Crippen LogP contribution in [0.3, 0.4) is 0 Å². The fourth-order valence-electron chi connectivity index (χ4n) is 2.82. The van der Waals surface area contributed by atoms with Gasteiger partial charge in [-0.05, 0) is 12.8 Å². The standard InChI is InChI=1S/C13H24N2O3S2/c1-2-20(17,18)13-10-19-8-7-15(13)12(16)9-14-11-5-3-4-6-11/h11,13-14H,2-10H2,1H3. The first-order valence-electron chi connectivity index (χ1n) is 7.36. The van der Waals surface area contributed by atoms with Gasteiger partial charge in [0.1, 0.15) is 5.37 Å². The lowest BCUT2D eigenvalue weighted by atomic mass is 10.2. The summed E-state index contributed by atoms with van der Waals surface area (Å²) < 4.78 is 24.2. The van der Waals surface area contributed by atoms with Crippen LogP contribution in [0, 0.1) is 0 Å². The maximum atomic E-state index is 12.3. The second kappa shape index (κ2) is 7.13. The quantitative estimate of drug-likeness (QED) is 0.814. The van der Waals surface area contributed by atoms with Gasteiger partial charge in [0.25, 0.3) is 0 Å². The molecule has 1 aliphatic heterocycles. The zero-order valence-corrected chi connectivity index (χ0v) is 13.6. The summed E-state index contributed by atoms with van der Waals surface area (Å²) in [5.41, 5.74) is 0. The van der Waals surface area contributed by atoms with Crippen molar-refractivity contribution in [3.63, 3.8) is 0 Å². The Morgan fingerprint density at radius 3 is 2.70 bits per heavy atom. The Kier molecular flexibility index (Phi) is 5.74. The van der Waals surface area contributed by atoms with Crippen molar-refractivity contribution in [2.75, 3.05) is 30.3 Å². The van der Waals surface area contributed by atoms with E-state index in [9.17, 15) is 13.2 Å². The van der Waals surface area contributed by atoms with Gasteiger partial charge in [-0.25, -0.2) is 8.42 Å². The molecule has 1 amide bonds. The Labute approximate surface area is 125 Å². The zero-order chi connectivity index (χ0) is 14.6. The number of nitrogens with one attached hydrogen (secondary N) is 1. The van der Waals surface area contributed by atoms with Crippen LogP contribution in [0.1, 0.15) is 32.6 Å². The summed E-state index contributed by atoms with van der Waals surface area (Å²) in [6, 6.07) is 0.430. The highest BCUT2D eigenvalue weighted by Crippen LogP contribution is 2.22. The minimum absolute atomic E-state index is 0.0702.